The zero-order valence-electron chi connectivity index (χ0n) is 69.5. The van der Waals surface area contributed by atoms with Crippen molar-refractivity contribution in [3.05, 3.63) is 172 Å². The molecule has 0 radical (unpaired) electrons. The largest absolute Gasteiger partial charge is 0.509 e. The molecule has 3 fully saturated rings. The number of phenols is 4. The Balaban J connectivity index is 0.000000189. The van der Waals surface area contributed by atoms with Crippen molar-refractivity contribution in [2.45, 2.75) is 161 Å². The van der Waals surface area contributed by atoms with Gasteiger partial charge in [-0.05, 0) is 172 Å². The van der Waals surface area contributed by atoms with E-state index in [-0.39, 0.29) is 84.3 Å². The third-order valence-corrected chi connectivity index (χ3v) is 20.8. The maximum absolute atomic E-state index is 13.7. The number of carbonyl (C=O) groups excluding carboxylic acids is 5. The molecule has 4 N–H and O–H groups in total. The second-order valence-corrected chi connectivity index (χ2v) is 34.1. The summed E-state index contributed by atoms with van der Waals surface area (Å²) in [5.74, 6) is -2.64. The van der Waals surface area contributed by atoms with Crippen LogP contribution in [0.1, 0.15) is 143 Å². The van der Waals surface area contributed by atoms with Gasteiger partial charge in [0, 0.05) is 134 Å². The number of piperidine rings is 3. The van der Waals surface area contributed by atoms with Crippen LogP contribution in [0.2, 0.25) is 15.1 Å². The van der Waals surface area contributed by atoms with Crippen molar-refractivity contribution < 1.29 is 95.5 Å². The topological polar surface area (TPSA) is 347 Å². The molecular formula is C88H102Cl3N5O23. The third-order valence-electron chi connectivity index (χ3n) is 19.8. The number of nitrogens with zero attached hydrogens (tertiary/aromatic N) is 5. The Labute approximate surface area is 703 Å². The molecule has 3 aliphatic rings. The standard InChI is InChI=1S/2C31H37ClN2O8.C26H28ClNO7/c1-7-13-34(6)29(37)40-24-16-21(35)26(19-12-14-33(5)17-25(19)41-30(38)42-31(2,3)4)28-27(24)22(36)15-23(39-28)18-10-8-9-11-20(18)32;1-7-13-34(6)29(37)40-24-16-22(36)27-21(35)15-23(18-10-8-9-11-20(18)32)39-28(27)26(24)19-12-14-33(5)17-25(19)41-30(38)42-31(2,3)4;1-26(2,3)35-25(32)34-21-13-28(4)10-9-15(21)22-17(29)11-18(30)23-19(31)12-20(33-24(22)23)14-7-5-6-8-16(14)27/h8-11,15-16,19,25,35H,7,12-14,17H2,1-6H3;8-11,15-16,19,25,36H,7,12-14,17H2,1-6H3;5-8,11-12,15,21,29-30H,9-10,13H2,1-4H3/t2*19-,25+;15-,21+/m000/s1. The minimum atomic E-state index is -0.852. The molecule has 3 aliphatic heterocycles. The van der Waals surface area contributed by atoms with Gasteiger partial charge in [-0.25, -0.2) is 24.0 Å². The van der Waals surface area contributed by atoms with Crippen molar-refractivity contribution in [1.29, 1.82) is 0 Å². The van der Waals surface area contributed by atoms with E-state index in [1.165, 1.54) is 40.1 Å². The molecular weight excluding hydrogens is 1600 g/mol. The molecule has 0 saturated carbocycles. The number of phenolic OH excluding ortho intramolecular Hbond substituents is 4. The van der Waals surface area contributed by atoms with E-state index in [2.05, 4.69) is 0 Å². The number of likely N-dealkylation sites (N-methyl/N-ethyl adjacent to an activating group) is 3. The predicted octanol–water partition coefficient (Wildman–Crippen LogP) is 18.1. The molecule has 6 atom stereocenters. The molecule has 6 aromatic carbocycles. The normalized spacial score (nSPS) is 18.0. The summed E-state index contributed by atoms with van der Waals surface area (Å²) < 4.78 is 63.7. The summed E-state index contributed by atoms with van der Waals surface area (Å²) in [5, 5.41) is 44.8. The van der Waals surface area contributed by atoms with Crippen LogP contribution in [0.25, 0.3) is 66.9 Å². The summed E-state index contributed by atoms with van der Waals surface area (Å²) in [7, 11) is 8.87. The molecule has 0 spiro atoms. The molecule has 3 aromatic heterocycles. The first-order valence-electron chi connectivity index (χ1n) is 39.1. The molecule has 119 heavy (non-hydrogen) atoms. The van der Waals surface area contributed by atoms with E-state index >= 15 is 0 Å². The SMILES string of the molecule is CCCN(C)C(=O)Oc1cc(O)c([C@H]2CCN(C)C[C@H]2OC(=O)OC(C)(C)C)c2oc(-c3ccccc3Cl)cc(=O)c12.CCCN(C)C(=O)Oc1cc(O)c2c(=O)cc(-c3ccccc3Cl)oc2c1[C@H]1CCN(C)C[C@H]1OC(=O)OC(C)(C)C.CN1CC[C@H](c2c(O)cc(O)c3c(=O)cc(-c4ccccc4Cl)oc23)[C@H](OC(=O)OC(C)(C)C)C1. The summed E-state index contributed by atoms with van der Waals surface area (Å²) in [5.41, 5.74) is -1.41. The fourth-order valence-electron chi connectivity index (χ4n) is 14.5. The monoisotopic (exact) mass is 1700 g/mol. The second kappa shape index (κ2) is 38.1. The number of aromatic hydroxyl groups is 4. The van der Waals surface area contributed by atoms with Gasteiger partial charge >= 0.3 is 30.7 Å². The highest BCUT2D eigenvalue weighted by molar-refractivity contribution is 6.34. The third kappa shape index (κ3) is 22.4. The van der Waals surface area contributed by atoms with E-state index in [9.17, 15) is 58.8 Å². The van der Waals surface area contributed by atoms with Crippen molar-refractivity contribution >= 4 is 98.4 Å². The van der Waals surface area contributed by atoms with E-state index in [0.717, 1.165) is 6.07 Å². The van der Waals surface area contributed by atoms with Crippen molar-refractivity contribution in [2.24, 2.45) is 0 Å². The van der Waals surface area contributed by atoms with E-state index < -0.39 is 111 Å². The molecule has 638 valence electrons. The van der Waals surface area contributed by atoms with E-state index in [0.29, 0.717) is 122 Å². The molecule has 28 nitrogen and oxygen atoms in total. The maximum atomic E-state index is 13.7. The molecule has 0 unspecified atom stereocenters. The molecule has 6 heterocycles. The number of hydrogen-bond acceptors (Lipinski definition) is 26. The van der Waals surface area contributed by atoms with Gasteiger partial charge in [0.15, 0.2) is 22.0 Å². The van der Waals surface area contributed by atoms with Crippen LogP contribution in [0, 0.1) is 0 Å². The fraction of sp³-hybridized carbons (Fsp3) is 0.432. The zero-order chi connectivity index (χ0) is 87.0. The van der Waals surface area contributed by atoms with Gasteiger partial charge in [0.25, 0.3) is 0 Å². The Morgan fingerprint density at radius 3 is 1.07 bits per heavy atom. The Hall–Kier alpha value is -10.8. The van der Waals surface area contributed by atoms with Crippen LogP contribution < -0.4 is 25.8 Å². The van der Waals surface area contributed by atoms with Gasteiger partial charge in [0.1, 0.15) is 114 Å². The number of fused-ring (bicyclic) bond motifs is 3. The van der Waals surface area contributed by atoms with Crippen LogP contribution in [0.3, 0.4) is 0 Å². The summed E-state index contributed by atoms with van der Waals surface area (Å²) >= 11 is 19.2. The quantitative estimate of drug-likeness (QED) is 0.0547. The van der Waals surface area contributed by atoms with E-state index in [1.54, 1.807) is 149 Å². The van der Waals surface area contributed by atoms with Crippen LogP contribution >= 0.6 is 34.8 Å². The summed E-state index contributed by atoms with van der Waals surface area (Å²) in [6.07, 6.45) is -3.24. The van der Waals surface area contributed by atoms with Crippen LogP contribution in [0.5, 0.6) is 34.5 Å². The number of carbonyl (C=O) groups is 5. The molecule has 0 bridgehead atoms. The highest BCUT2D eigenvalue weighted by atomic mass is 35.5. The van der Waals surface area contributed by atoms with E-state index in [1.807, 2.05) is 49.7 Å². The minimum absolute atomic E-state index is 0.000228. The number of hydrogen-bond donors (Lipinski definition) is 4. The minimum Gasteiger partial charge on any atom is -0.507 e. The Bertz CT molecular complexity index is 5380. The number of halogens is 3. The molecule has 12 rings (SSSR count). The second-order valence-electron chi connectivity index (χ2n) is 32.8. The lowest BCUT2D eigenvalue weighted by molar-refractivity contribution is -0.0471. The molecule has 9 aromatic rings. The zero-order valence-corrected chi connectivity index (χ0v) is 71.7. The highest BCUT2D eigenvalue weighted by Crippen LogP contribution is 2.49. The first-order chi connectivity index (χ1) is 56.0. The van der Waals surface area contributed by atoms with Crippen LogP contribution in [-0.2, 0) is 28.4 Å². The lowest BCUT2D eigenvalue weighted by Gasteiger charge is -2.37. The van der Waals surface area contributed by atoms with E-state index in [4.69, 9.17) is 85.9 Å². The molecule has 31 heteroatoms. The number of ether oxygens (including phenoxy) is 8. The summed E-state index contributed by atoms with van der Waals surface area (Å²) in [6.45, 7) is 23.3. The molecule has 2 amide bonds. The van der Waals surface area contributed by atoms with Crippen LogP contribution in [0.15, 0.2) is 137 Å². The summed E-state index contributed by atoms with van der Waals surface area (Å²) in [4.78, 5) is 113. The fourth-order valence-corrected chi connectivity index (χ4v) is 15.2. The lowest BCUT2D eigenvalue weighted by atomic mass is 9.85. The van der Waals surface area contributed by atoms with Gasteiger partial charge in [-0.1, -0.05) is 85.0 Å². The Morgan fingerprint density at radius 1 is 0.429 bits per heavy atom. The number of benzene rings is 6. The molecule has 0 aliphatic carbocycles. The van der Waals surface area contributed by atoms with Crippen molar-refractivity contribution in [1.82, 2.24) is 24.5 Å². The number of likely N-dealkylation sites (tertiary alicyclic amines) is 3. The van der Waals surface area contributed by atoms with Gasteiger partial charge in [-0.3, -0.25) is 14.4 Å². The van der Waals surface area contributed by atoms with Crippen LogP contribution in [0.4, 0.5) is 24.0 Å². The van der Waals surface area contributed by atoms with Crippen molar-refractivity contribution in [3.8, 4) is 68.5 Å². The van der Waals surface area contributed by atoms with Crippen LogP contribution in [-0.4, -0.2) is 198 Å². The first-order valence-corrected chi connectivity index (χ1v) is 40.2. The van der Waals surface area contributed by atoms with Gasteiger partial charge in [0.2, 0.25) is 0 Å². The van der Waals surface area contributed by atoms with Gasteiger partial charge < -0.3 is 96.1 Å². The highest BCUT2D eigenvalue weighted by Gasteiger charge is 2.42. The number of rotatable bonds is 15. The average molecular weight is 1700 g/mol. The predicted molar refractivity (Wildman–Crippen MR) is 451 cm³/mol. The van der Waals surface area contributed by atoms with Gasteiger partial charge in [0.05, 0.1) is 15.1 Å². The summed E-state index contributed by atoms with van der Waals surface area (Å²) in [6, 6.07) is 28.1. The number of amides is 2. The first kappa shape index (κ1) is 90.6. The Morgan fingerprint density at radius 2 is 0.723 bits per heavy atom. The molecule has 3 saturated heterocycles. The maximum Gasteiger partial charge on any atom is 0.509 e. The van der Waals surface area contributed by atoms with Gasteiger partial charge in [-0.2, -0.15) is 0 Å². The average Bonchev–Trinajstić information content (AvgIpc) is 0.754. The van der Waals surface area contributed by atoms with Crippen molar-refractivity contribution in [2.75, 3.05) is 87.6 Å². The van der Waals surface area contributed by atoms with Gasteiger partial charge in [-0.15, -0.1) is 0 Å². The van der Waals surface area contributed by atoms with Crippen molar-refractivity contribution in [3.63, 3.8) is 0 Å². The lowest BCUT2D eigenvalue weighted by Crippen LogP contribution is -2.44. The smallest absolute Gasteiger partial charge is 0.507 e. The Kier molecular flexibility index (Phi) is 29.0.